The Morgan fingerprint density at radius 2 is 1.60 bits per heavy atom. The third-order valence-electron chi connectivity index (χ3n) is 1.04. The maximum absolute atomic E-state index is 5.79. The Morgan fingerprint density at radius 1 is 1.20 bits per heavy atom. The second kappa shape index (κ2) is 4.24. The summed E-state index contributed by atoms with van der Waals surface area (Å²) in [5.41, 5.74) is 0.687. The molecule has 0 unspecified atom stereocenters. The predicted molar refractivity (Wildman–Crippen MR) is 56.3 cm³/mol. The molecule has 0 aliphatic heterocycles. The zero-order valence-electron chi connectivity index (χ0n) is 5.93. The molecule has 0 nitrogen and oxygen atoms in total. The van der Waals surface area contributed by atoms with Gasteiger partial charge in [-0.15, -0.1) is 0 Å². The van der Waals surface area contributed by atoms with Crippen molar-refractivity contribution in [1.29, 1.82) is 0 Å². The van der Waals surface area contributed by atoms with Gasteiger partial charge in [-0.2, -0.15) is 0 Å². The van der Waals surface area contributed by atoms with E-state index >= 15 is 0 Å². The van der Waals surface area contributed by atoms with Crippen LogP contribution in [-0.4, -0.2) is 24.1 Å². The van der Waals surface area contributed by atoms with Gasteiger partial charge in [-0.3, -0.25) is 0 Å². The number of hydrogen-bond acceptors (Lipinski definition) is 0. The average molecular weight is 301 g/mol. The number of alkyl halides is 1. The summed E-state index contributed by atoms with van der Waals surface area (Å²) >= 11 is 5.72. The molecule has 0 heterocycles. The van der Waals surface area contributed by atoms with E-state index in [-0.39, 0.29) is 0 Å². The zero-order valence-corrected chi connectivity index (χ0v) is 12.0. The summed E-state index contributed by atoms with van der Waals surface area (Å²) in [6, 6.07) is 0. The second-order valence-corrected chi connectivity index (χ2v) is 26.7. The van der Waals surface area contributed by atoms with Gasteiger partial charge in [-0.05, 0) is 0 Å². The molecule has 0 bridgehead atoms. The van der Waals surface area contributed by atoms with Crippen LogP contribution in [0.4, 0.5) is 0 Å². The van der Waals surface area contributed by atoms with Crippen LogP contribution in [-0.2, 0) is 0 Å². The van der Waals surface area contributed by atoms with Gasteiger partial charge in [0, 0.05) is 0 Å². The molecule has 0 saturated heterocycles. The Hall–Kier alpha value is 1.92. The molecule has 0 saturated carbocycles. The quantitative estimate of drug-likeness (QED) is 0.551. The van der Waals surface area contributed by atoms with Crippen molar-refractivity contribution in [3.05, 3.63) is 0 Å². The number of rotatable bonds is 3. The monoisotopic (exact) mass is 300 g/mol. The fourth-order valence-corrected chi connectivity index (χ4v) is 27.6. The first kappa shape index (κ1) is 11.9. The molecule has 0 aromatic rings. The van der Waals surface area contributed by atoms with Crippen molar-refractivity contribution >= 4 is 60.2 Å². The van der Waals surface area contributed by atoms with E-state index in [1.165, 1.54) is 0 Å². The van der Waals surface area contributed by atoms with Crippen LogP contribution in [0.5, 0.6) is 0 Å². The second-order valence-electron chi connectivity index (χ2n) is 3.09. The Morgan fingerprint density at radius 3 is 1.70 bits per heavy atom. The minimum atomic E-state index is -2.87. The molecule has 0 amide bonds. The van der Waals surface area contributed by atoms with E-state index in [0.717, 1.165) is 4.88 Å². The molecule has 0 N–H and O–H groups in total. The van der Waals surface area contributed by atoms with Gasteiger partial charge in [-0.1, -0.05) is 0 Å². The summed E-state index contributed by atoms with van der Waals surface area (Å²) < 4.78 is 0. The maximum atomic E-state index is 5.79. The van der Waals surface area contributed by atoms with Crippen molar-refractivity contribution in [2.75, 3.05) is 5.50 Å². The van der Waals surface area contributed by atoms with Crippen molar-refractivity contribution < 1.29 is 0 Å². The number of hydrogen-bond donors (Lipinski definition) is 0. The van der Waals surface area contributed by atoms with Crippen LogP contribution >= 0.6 is 41.6 Å². The molecule has 0 aromatic heterocycles. The summed E-state index contributed by atoms with van der Waals surface area (Å²) in [5.74, 6) is 0. The van der Waals surface area contributed by atoms with Gasteiger partial charge in [0.15, 0.2) is 0 Å². The summed E-state index contributed by atoms with van der Waals surface area (Å²) in [5, 5.41) is 0. The van der Waals surface area contributed by atoms with Crippen molar-refractivity contribution in [2.45, 2.75) is 18.0 Å². The zero-order chi connectivity index (χ0) is 8.41. The van der Waals surface area contributed by atoms with Crippen LogP contribution in [0.1, 0.15) is 0 Å². The van der Waals surface area contributed by atoms with Gasteiger partial charge in [0.05, 0.1) is 0 Å². The molecule has 0 rings (SSSR count). The molecule has 0 fully saturated rings. The van der Waals surface area contributed by atoms with Crippen molar-refractivity contribution in [2.24, 2.45) is 0 Å². The standard InChI is InChI=1S/C4H10Cl4GeSi/c1-10(2,3-5)4-9(6,7)8/h3-4H2,1-2H3. The fourth-order valence-electron chi connectivity index (χ4n) is 0.590. The van der Waals surface area contributed by atoms with Crippen LogP contribution in [0.2, 0.25) is 18.0 Å². The molecule has 0 aliphatic rings. The van der Waals surface area contributed by atoms with Gasteiger partial charge in [0.1, 0.15) is 0 Å². The molecule has 6 heteroatoms. The fraction of sp³-hybridized carbons (Fsp3) is 1.00. The summed E-state index contributed by atoms with van der Waals surface area (Å²) in [4.78, 5) is 0.807. The van der Waals surface area contributed by atoms with E-state index in [2.05, 4.69) is 13.1 Å². The molecule has 10 heavy (non-hydrogen) atoms. The first-order chi connectivity index (χ1) is 4.27. The van der Waals surface area contributed by atoms with Crippen molar-refractivity contribution in [3.63, 3.8) is 0 Å². The van der Waals surface area contributed by atoms with Crippen LogP contribution in [0.15, 0.2) is 0 Å². The summed E-state index contributed by atoms with van der Waals surface area (Å²) in [6.07, 6.45) is 0. The van der Waals surface area contributed by atoms with Crippen LogP contribution < -0.4 is 0 Å². The normalized spacial score (nSPS) is 13.8. The van der Waals surface area contributed by atoms with Gasteiger partial charge in [-0.25, -0.2) is 0 Å². The number of halogens is 4. The van der Waals surface area contributed by atoms with Crippen molar-refractivity contribution in [1.82, 2.24) is 0 Å². The first-order valence-electron chi connectivity index (χ1n) is 2.89. The Labute approximate surface area is 83.1 Å². The molecule has 0 atom stereocenters. The van der Waals surface area contributed by atoms with E-state index in [9.17, 15) is 0 Å². The SMILES string of the molecule is C[Si](C)(CCl)[CH2][Ge]([Cl])([Cl])[Cl]. The van der Waals surface area contributed by atoms with Gasteiger partial charge in [0.2, 0.25) is 0 Å². The molecule has 62 valence electrons. The van der Waals surface area contributed by atoms with E-state index in [0.29, 0.717) is 5.50 Å². The topological polar surface area (TPSA) is 0 Å². The molecular formula is C4H10Cl4GeSi. The molecule has 0 spiro atoms. The van der Waals surface area contributed by atoms with Gasteiger partial charge in [0.25, 0.3) is 0 Å². The molecule has 0 aromatic carbocycles. The molecular weight excluding hydrogens is 291 g/mol. The van der Waals surface area contributed by atoms with E-state index in [1.807, 2.05) is 0 Å². The third kappa shape index (κ3) is 6.62. The first-order valence-corrected chi connectivity index (χ1v) is 16.6. The molecule has 0 aliphatic carbocycles. The minimum absolute atomic E-state index is 0.687. The van der Waals surface area contributed by atoms with Crippen LogP contribution in [0.3, 0.4) is 0 Å². The van der Waals surface area contributed by atoms with Gasteiger partial charge >= 0.3 is 83.7 Å². The van der Waals surface area contributed by atoms with E-state index in [4.69, 9.17) is 41.6 Å². The van der Waals surface area contributed by atoms with Crippen LogP contribution in [0.25, 0.3) is 0 Å². The molecule has 0 radical (unpaired) electrons. The third-order valence-corrected chi connectivity index (χ3v) is 20.1. The van der Waals surface area contributed by atoms with Gasteiger partial charge < -0.3 is 0 Å². The Balaban J connectivity index is 3.89. The predicted octanol–water partition coefficient (Wildman–Crippen LogP) is 3.67. The Kier molecular flexibility index (Phi) is 5.05. The van der Waals surface area contributed by atoms with E-state index < -0.39 is 18.6 Å². The van der Waals surface area contributed by atoms with Crippen molar-refractivity contribution in [3.8, 4) is 0 Å². The average Bonchev–Trinajstić information content (AvgIpc) is 1.60. The van der Waals surface area contributed by atoms with E-state index in [1.54, 1.807) is 0 Å². The Bertz CT molecular complexity index is 110. The van der Waals surface area contributed by atoms with Crippen LogP contribution in [0, 0.1) is 0 Å². The summed E-state index contributed by atoms with van der Waals surface area (Å²) in [6.45, 7) is 4.29. The summed E-state index contributed by atoms with van der Waals surface area (Å²) in [7, 11) is 13.1.